The number of hydrogen-bond donors (Lipinski definition) is 2. The third kappa shape index (κ3) is 2.74. The Hall–Kier alpha value is -1.14. The van der Waals surface area contributed by atoms with Gasteiger partial charge in [0, 0.05) is 16.1 Å². The molecular weight excluding hydrogens is 306 g/mol. The lowest BCUT2D eigenvalue weighted by molar-refractivity contribution is 0.448. The normalized spacial score (nSPS) is 16.2. The molecule has 2 aromatic rings. The van der Waals surface area contributed by atoms with Crippen LogP contribution < -0.4 is 11.1 Å². The van der Waals surface area contributed by atoms with Crippen LogP contribution in [0.5, 0.6) is 0 Å². The molecule has 0 amide bonds. The Morgan fingerprint density at radius 3 is 2.74 bits per heavy atom. The van der Waals surface area contributed by atoms with Crippen LogP contribution in [0.1, 0.15) is 38.3 Å². The minimum atomic E-state index is 0.520. The van der Waals surface area contributed by atoms with Gasteiger partial charge < -0.3 is 11.1 Å². The number of nitrogens with zero attached hydrogens (tertiary/aromatic N) is 3. The lowest BCUT2D eigenvalue weighted by atomic mass is 9.95. The van der Waals surface area contributed by atoms with E-state index < -0.39 is 0 Å². The van der Waals surface area contributed by atoms with Crippen LogP contribution in [0.15, 0.2) is 16.9 Å². The van der Waals surface area contributed by atoms with E-state index in [0.29, 0.717) is 11.7 Å². The highest BCUT2D eigenvalue weighted by molar-refractivity contribution is 9.10. The molecule has 6 heteroatoms. The monoisotopic (exact) mass is 325 g/mol. The fourth-order valence-electron chi connectivity index (χ4n) is 2.45. The van der Waals surface area contributed by atoms with Crippen LogP contribution in [-0.4, -0.2) is 27.7 Å². The first-order valence-electron chi connectivity index (χ1n) is 6.75. The topological polar surface area (TPSA) is 68.2 Å². The number of hydrogen-bond acceptors (Lipinski definition) is 4. The Balaban J connectivity index is 0.000000637. The molecular formula is C13H20BrN5. The number of nitrogens with two attached hydrogens (primary N) is 1. The second kappa shape index (κ2) is 6.34. The standard InChI is InChI=1S/C11H14BrN5.C2H6/c12-8-5-9(7-1-3-14-4-2-7)17-10(8)11(13)15-6-16-17;1-2/h5-7,14H,1-4H2,(H2,13,15,16);1-2H3. The third-order valence-corrected chi connectivity index (χ3v) is 3.93. The van der Waals surface area contributed by atoms with E-state index in [1.54, 1.807) is 0 Å². The molecule has 0 radical (unpaired) electrons. The molecule has 104 valence electrons. The summed E-state index contributed by atoms with van der Waals surface area (Å²) < 4.78 is 2.90. The van der Waals surface area contributed by atoms with Crippen molar-refractivity contribution in [3.63, 3.8) is 0 Å². The van der Waals surface area contributed by atoms with Gasteiger partial charge in [0.25, 0.3) is 0 Å². The van der Waals surface area contributed by atoms with Crippen molar-refractivity contribution in [3.8, 4) is 0 Å². The highest BCUT2D eigenvalue weighted by atomic mass is 79.9. The van der Waals surface area contributed by atoms with E-state index in [1.807, 2.05) is 18.4 Å². The van der Waals surface area contributed by atoms with Crippen molar-refractivity contribution in [1.29, 1.82) is 0 Å². The Morgan fingerprint density at radius 2 is 2.05 bits per heavy atom. The molecule has 1 saturated heterocycles. The van der Waals surface area contributed by atoms with Gasteiger partial charge in [0.2, 0.25) is 0 Å². The zero-order chi connectivity index (χ0) is 13.8. The van der Waals surface area contributed by atoms with Gasteiger partial charge in [-0.05, 0) is 47.9 Å². The van der Waals surface area contributed by atoms with Crippen molar-refractivity contribution in [3.05, 3.63) is 22.6 Å². The van der Waals surface area contributed by atoms with Gasteiger partial charge in [0.15, 0.2) is 5.82 Å². The molecule has 3 heterocycles. The van der Waals surface area contributed by atoms with Gasteiger partial charge in [-0.1, -0.05) is 13.8 Å². The van der Waals surface area contributed by atoms with Gasteiger partial charge >= 0.3 is 0 Å². The maximum atomic E-state index is 5.89. The summed E-state index contributed by atoms with van der Waals surface area (Å²) in [4.78, 5) is 4.03. The molecule has 19 heavy (non-hydrogen) atoms. The summed E-state index contributed by atoms with van der Waals surface area (Å²) in [5.74, 6) is 1.07. The first kappa shape index (κ1) is 14.3. The van der Waals surface area contributed by atoms with Crippen molar-refractivity contribution in [1.82, 2.24) is 19.9 Å². The molecule has 3 rings (SSSR count). The Kier molecular flexibility index (Phi) is 4.76. The van der Waals surface area contributed by atoms with Crippen molar-refractivity contribution >= 4 is 27.3 Å². The van der Waals surface area contributed by atoms with Crippen LogP contribution in [0.25, 0.3) is 5.52 Å². The number of aromatic nitrogens is 3. The summed E-state index contributed by atoms with van der Waals surface area (Å²) in [6.07, 6.45) is 3.80. The summed E-state index contributed by atoms with van der Waals surface area (Å²) in [5.41, 5.74) is 7.99. The predicted octanol–water partition coefficient (Wildman–Crippen LogP) is 2.57. The van der Waals surface area contributed by atoms with Gasteiger partial charge in [-0.2, -0.15) is 5.10 Å². The minimum Gasteiger partial charge on any atom is -0.382 e. The maximum absolute atomic E-state index is 5.89. The maximum Gasteiger partial charge on any atom is 0.152 e. The van der Waals surface area contributed by atoms with Crippen molar-refractivity contribution in [2.45, 2.75) is 32.6 Å². The Labute approximate surface area is 121 Å². The fraction of sp³-hybridized carbons (Fsp3) is 0.538. The predicted molar refractivity (Wildman–Crippen MR) is 81.3 cm³/mol. The van der Waals surface area contributed by atoms with E-state index >= 15 is 0 Å². The zero-order valence-electron chi connectivity index (χ0n) is 11.4. The molecule has 0 spiro atoms. The highest BCUT2D eigenvalue weighted by Gasteiger charge is 2.21. The van der Waals surface area contributed by atoms with Crippen molar-refractivity contribution < 1.29 is 0 Å². The second-order valence-electron chi connectivity index (χ2n) is 4.35. The molecule has 0 unspecified atom stereocenters. The van der Waals surface area contributed by atoms with Gasteiger partial charge in [-0.15, -0.1) is 0 Å². The van der Waals surface area contributed by atoms with Crippen LogP contribution in [0.2, 0.25) is 0 Å². The van der Waals surface area contributed by atoms with Crippen molar-refractivity contribution in [2.75, 3.05) is 18.8 Å². The lowest BCUT2D eigenvalue weighted by Gasteiger charge is -2.22. The quantitative estimate of drug-likeness (QED) is 0.845. The summed E-state index contributed by atoms with van der Waals surface area (Å²) >= 11 is 3.54. The van der Waals surface area contributed by atoms with Crippen LogP contribution in [0.4, 0.5) is 5.82 Å². The highest BCUT2D eigenvalue weighted by Crippen LogP contribution is 2.32. The number of rotatable bonds is 1. The average molecular weight is 326 g/mol. The van der Waals surface area contributed by atoms with Crippen LogP contribution in [-0.2, 0) is 0 Å². The summed E-state index contributed by atoms with van der Waals surface area (Å²) in [5, 5.41) is 7.69. The smallest absolute Gasteiger partial charge is 0.152 e. The Bertz CT molecular complexity index is 545. The number of anilines is 1. The van der Waals surface area contributed by atoms with E-state index in [-0.39, 0.29) is 0 Å². The number of nitrogen functional groups attached to an aromatic ring is 1. The third-order valence-electron chi connectivity index (χ3n) is 3.32. The molecule has 0 aliphatic carbocycles. The number of halogens is 1. The molecule has 0 aromatic carbocycles. The molecule has 5 nitrogen and oxygen atoms in total. The molecule has 1 fully saturated rings. The SMILES string of the molecule is CC.Nc1ncnn2c(C3CCNCC3)cc(Br)c12. The molecule has 3 N–H and O–H groups in total. The van der Waals surface area contributed by atoms with Crippen molar-refractivity contribution in [2.24, 2.45) is 0 Å². The zero-order valence-corrected chi connectivity index (χ0v) is 12.9. The van der Waals surface area contributed by atoms with Gasteiger partial charge in [-0.3, -0.25) is 0 Å². The molecule has 1 aliphatic heterocycles. The van der Waals surface area contributed by atoms with E-state index in [9.17, 15) is 0 Å². The van der Waals surface area contributed by atoms with Gasteiger partial charge in [-0.25, -0.2) is 9.50 Å². The number of fused-ring (bicyclic) bond motifs is 1. The molecule has 2 aromatic heterocycles. The molecule has 0 atom stereocenters. The Morgan fingerprint density at radius 1 is 1.37 bits per heavy atom. The average Bonchev–Trinajstić information content (AvgIpc) is 2.81. The molecule has 0 bridgehead atoms. The van der Waals surface area contributed by atoms with E-state index in [1.165, 1.54) is 12.0 Å². The fourth-order valence-corrected chi connectivity index (χ4v) is 3.06. The lowest BCUT2D eigenvalue weighted by Crippen LogP contribution is -2.27. The largest absolute Gasteiger partial charge is 0.382 e. The first-order chi connectivity index (χ1) is 9.27. The number of piperidine rings is 1. The van der Waals surface area contributed by atoms with E-state index in [4.69, 9.17) is 5.73 Å². The van der Waals surface area contributed by atoms with E-state index in [0.717, 1.165) is 35.9 Å². The molecule has 1 aliphatic rings. The molecule has 0 saturated carbocycles. The van der Waals surface area contributed by atoms with Crippen LogP contribution in [0.3, 0.4) is 0 Å². The number of nitrogens with one attached hydrogen (secondary N) is 1. The van der Waals surface area contributed by atoms with Crippen LogP contribution in [0, 0.1) is 0 Å². The summed E-state index contributed by atoms with van der Waals surface area (Å²) in [7, 11) is 0. The second-order valence-corrected chi connectivity index (χ2v) is 5.20. The minimum absolute atomic E-state index is 0.520. The van der Waals surface area contributed by atoms with Gasteiger partial charge in [0.1, 0.15) is 11.8 Å². The summed E-state index contributed by atoms with van der Waals surface area (Å²) in [6.45, 7) is 6.13. The summed E-state index contributed by atoms with van der Waals surface area (Å²) in [6, 6.07) is 2.12. The van der Waals surface area contributed by atoms with Gasteiger partial charge in [0.05, 0.1) is 0 Å². The van der Waals surface area contributed by atoms with Crippen LogP contribution >= 0.6 is 15.9 Å². The first-order valence-corrected chi connectivity index (χ1v) is 7.55. The van der Waals surface area contributed by atoms with E-state index in [2.05, 4.69) is 37.4 Å².